The first-order valence-electron chi connectivity index (χ1n) is 6.62. The summed E-state index contributed by atoms with van der Waals surface area (Å²) >= 11 is 3.41. The van der Waals surface area contributed by atoms with Gasteiger partial charge in [-0.1, -0.05) is 15.9 Å². The Labute approximate surface area is 133 Å². The van der Waals surface area contributed by atoms with Crippen LogP contribution in [0.15, 0.2) is 46.9 Å². The van der Waals surface area contributed by atoms with Gasteiger partial charge in [-0.05, 0) is 61.9 Å². The second kappa shape index (κ2) is 6.76. The van der Waals surface area contributed by atoms with Crippen molar-refractivity contribution >= 4 is 21.7 Å². The van der Waals surface area contributed by atoms with Gasteiger partial charge >= 0.3 is 0 Å². The minimum absolute atomic E-state index is 0.0556. The summed E-state index contributed by atoms with van der Waals surface area (Å²) in [5, 5.41) is 0. The van der Waals surface area contributed by atoms with E-state index in [4.69, 9.17) is 9.47 Å². The first-order chi connectivity index (χ1) is 10.0. The molecule has 0 spiro atoms. The molecule has 110 valence electrons. The van der Waals surface area contributed by atoms with Gasteiger partial charge in [0, 0.05) is 10.0 Å². The Bertz CT molecular complexity index is 635. The number of carbonyl (C=O) groups excluding carboxylic acids is 1. The highest BCUT2D eigenvalue weighted by molar-refractivity contribution is 9.10. The zero-order valence-electron chi connectivity index (χ0n) is 12.2. The van der Waals surface area contributed by atoms with Crippen molar-refractivity contribution in [3.05, 3.63) is 58.1 Å². The number of aryl methyl sites for hydroxylation is 1. The smallest absolute Gasteiger partial charge is 0.202 e. The summed E-state index contributed by atoms with van der Waals surface area (Å²) < 4.78 is 11.8. The van der Waals surface area contributed by atoms with Crippen molar-refractivity contribution < 1.29 is 14.3 Å². The average molecular weight is 349 g/mol. The number of rotatable bonds is 5. The molecule has 0 saturated carbocycles. The standard InChI is InChI=1S/C17H17BrO3/c1-11-10-14(18)6-9-16(11)21-12(2)17(19)13-4-7-15(20-3)8-5-13/h4-10,12H,1-3H3. The normalized spacial score (nSPS) is 11.8. The summed E-state index contributed by atoms with van der Waals surface area (Å²) in [5.74, 6) is 1.39. The molecule has 2 aromatic rings. The number of halogens is 1. The van der Waals surface area contributed by atoms with Gasteiger partial charge in [0.05, 0.1) is 7.11 Å². The Morgan fingerprint density at radius 2 is 1.81 bits per heavy atom. The van der Waals surface area contributed by atoms with Gasteiger partial charge < -0.3 is 9.47 Å². The number of ketones is 1. The maximum Gasteiger partial charge on any atom is 0.202 e. The van der Waals surface area contributed by atoms with Crippen molar-refractivity contribution in [3.63, 3.8) is 0 Å². The van der Waals surface area contributed by atoms with E-state index in [9.17, 15) is 4.79 Å². The third-order valence-electron chi connectivity index (χ3n) is 3.18. The first kappa shape index (κ1) is 15.6. The van der Waals surface area contributed by atoms with Crippen LogP contribution in [0.4, 0.5) is 0 Å². The molecule has 0 aliphatic heterocycles. The van der Waals surface area contributed by atoms with Crippen molar-refractivity contribution in [2.75, 3.05) is 7.11 Å². The SMILES string of the molecule is COc1ccc(C(=O)C(C)Oc2ccc(Br)cc2C)cc1. The highest BCUT2D eigenvalue weighted by Crippen LogP contribution is 2.24. The number of ether oxygens (including phenoxy) is 2. The number of Topliss-reactive ketones (excluding diaryl/α,β-unsaturated/α-hetero) is 1. The molecule has 1 atom stereocenters. The van der Waals surface area contributed by atoms with Crippen molar-refractivity contribution in [1.82, 2.24) is 0 Å². The summed E-state index contributed by atoms with van der Waals surface area (Å²) in [4.78, 5) is 12.4. The highest BCUT2D eigenvalue weighted by atomic mass is 79.9. The van der Waals surface area contributed by atoms with Gasteiger partial charge in [-0.3, -0.25) is 4.79 Å². The highest BCUT2D eigenvalue weighted by Gasteiger charge is 2.17. The lowest BCUT2D eigenvalue weighted by molar-refractivity contribution is 0.0817. The maximum absolute atomic E-state index is 12.4. The van der Waals surface area contributed by atoms with Crippen LogP contribution in [0.1, 0.15) is 22.8 Å². The van der Waals surface area contributed by atoms with Gasteiger partial charge in [0.1, 0.15) is 11.5 Å². The van der Waals surface area contributed by atoms with E-state index >= 15 is 0 Å². The quantitative estimate of drug-likeness (QED) is 0.750. The average Bonchev–Trinajstić information content (AvgIpc) is 2.49. The predicted molar refractivity (Wildman–Crippen MR) is 86.3 cm³/mol. The minimum Gasteiger partial charge on any atom is -0.497 e. The van der Waals surface area contributed by atoms with Gasteiger partial charge in [-0.15, -0.1) is 0 Å². The number of hydrogen-bond acceptors (Lipinski definition) is 3. The molecule has 2 rings (SSSR count). The molecule has 2 aromatic carbocycles. The summed E-state index contributed by atoms with van der Waals surface area (Å²) in [6.07, 6.45) is -0.543. The van der Waals surface area contributed by atoms with Crippen LogP contribution in [-0.4, -0.2) is 19.0 Å². The molecule has 0 amide bonds. The van der Waals surface area contributed by atoms with Gasteiger partial charge in [-0.2, -0.15) is 0 Å². The van der Waals surface area contributed by atoms with Crippen LogP contribution >= 0.6 is 15.9 Å². The number of benzene rings is 2. The molecule has 0 saturated heterocycles. The molecule has 3 nitrogen and oxygen atoms in total. The van der Waals surface area contributed by atoms with Gasteiger partial charge in [-0.25, -0.2) is 0 Å². The molecule has 0 aliphatic carbocycles. The van der Waals surface area contributed by atoms with Crippen LogP contribution in [0.25, 0.3) is 0 Å². The molecule has 0 bridgehead atoms. The number of methoxy groups -OCH3 is 1. The van der Waals surface area contributed by atoms with Gasteiger partial charge in [0.2, 0.25) is 5.78 Å². The molecular weight excluding hydrogens is 332 g/mol. The monoisotopic (exact) mass is 348 g/mol. The lowest BCUT2D eigenvalue weighted by atomic mass is 10.1. The van der Waals surface area contributed by atoms with Crippen molar-refractivity contribution in [1.29, 1.82) is 0 Å². The van der Waals surface area contributed by atoms with Crippen LogP contribution in [0, 0.1) is 6.92 Å². The first-order valence-corrected chi connectivity index (χ1v) is 7.41. The third-order valence-corrected chi connectivity index (χ3v) is 3.68. The Kier molecular flexibility index (Phi) is 5.02. The van der Waals surface area contributed by atoms with E-state index in [1.807, 2.05) is 25.1 Å². The van der Waals surface area contributed by atoms with Crippen molar-refractivity contribution in [3.8, 4) is 11.5 Å². The zero-order valence-corrected chi connectivity index (χ0v) is 13.8. The van der Waals surface area contributed by atoms with Crippen LogP contribution in [0.2, 0.25) is 0 Å². The minimum atomic E-state index is -0.543. The van der Waals surface area contributed by atoms with Gasteiger partial charge in [0.25, 0.3) is 0 Å². The molecule has 0 heterocycles. The predicted octanol–water partition coefficient (Wildman–Crippen LogP) is 4.42. The molecule has 21 heavy (non-hydrogen) atoms. The van der Waals surface area contributed by atoms with E-state index in [1.54, 1.807) is 38.3 Å². The van der Waals surface area contributed by atoms with E-state index in [2.05, 4.69) is 15.9 Å². The Hall–Kier alpha value is -1.81. The summed E-state index contributed by atoms with van der Waals surface area (Å²) in [6.45, 7) is 3.71. The van der Waals surface area contributed by atoms with Crippen LogP contribution in [0.3, 0.4) is 0 Å². The van der Waals surface area contributed by atoms with E-state index in [0.717, 1.165) is 15.8 Å². The van der Waals surface area contributed by atoms with Crippen LogP contribution in [-0.2, 0) is 0 Å². The van der Waals surface area contributed by atoms with E-state index in [1.165, 1.54) is 0 Å². The summed E-state index contributed by atoms with van der Waals surface area (Å²) in [6, 6.07) is 12.7. The molecule has 0 aliphatic rings. The van der Waals surface area contributed by atoms with Crippen LogP contribution in [0.5, 0.6) is 11.5 Å². The number of carbonyl (C=O) groups is 1. The lowest BCUT2D eigenvalue weighted by Crippen LogP contribution is -2.24. The van der Waals surface area contributed by atoms with E-state index in [-0.39, 0.29) is 5.78 Å². The number of hydrogen-bond donors (Lipinski definition) is 0. The Morgan fingerprint density at radius 1 is 1.14 bits per heavy atom. The largest absolute Gasteiger partial charge is 0.497 e. The zero-order chi connectivity index (χ0) is 15.4. The molecule has 0 radical (unpaired) electrons. The molecule has 1 unspecified atom stereocenters. The fraction of sp³-hybridized carbons (Fsp3) is 0.235. The Balaban J connectivity index is 2.11. The van der Waals surface area contributed by atoms with E-state index in [0.29, 0.717) is 11.3 Å². The molecule has 4 heteroatoms. The third kappa shape index (κ3) is 3.85. The lowest BCUT2D eigenvalue weighted by Gasteiger charge is -2.16. The summed E-state index contributed by atoms with van der Waals surface area (Å²) in [5.41, 5.74) is 1.59. The fourth-order valence-corrected chi connectivity index (χ4v) is 2.45. The maximum atomic E-state index is 12.4. The molecule has 0 fully saturated rings. The second-order valence-corrected chi connectivity index (χ2v) is 5.68. The molecule has 0 N–H and O–H groups in total. The van der Waals surface area contributed by atoms with E-state index < -0.39 is 6.10 Å². The second-order valence-electron chi connectivity index (χ2n) is 4.76. The topological polar surface area (TPSA) is 35.5 Å². The van der Waals surface area contributed by atoms with Crippen molar-refractivity contribution in [2.45, 2.75) is 20.0 Å². The Morgan fingerprint density at radius 3 is 2.38 bits per heavy atom. The molecular formula is C17H17BrO3. The summed E-state index contributed by atoms with van der Waals surface area (Å²) in [7, 11) is 1.60. The van der Waals surface area contributed by atoms with Gasteiger partial charge in [0.15, 0.2) is 6.10 Å². The van der Waals surface area contributed by atoms with Crippen LogP contribution < -0.4 is 9.47 Å². The van der Waals surface area contributed by atoms with Crippen molar-refractivity contribution in [2.24, 2.45) is 0 Å². The fourth-order valence-electron chi connectivity index (χ4n) is 1.98. The molecule has 0 aromatic heterocycles.